The van der Waals surface area contributed by atoms with Crippen LogP contribution in [0.5, 0.6) is 0 Å². The van der Waals surface area contributed by atoms with Crippen LogP contribution in [-0.4, -0.2) is 36.2 Å². The Bertz CT molecular complexity index is 258. The minimum Gasteiger partial charge on any atom is -0.396 e. The van der Waals surface area contributed by atoms with Gasteiger partial charge in [0.05, 0.1) is 0 Å². The lowest BCUT2D eigenvalue weighted by atomic mass is 10.1. The molecule has 0 aromatic rings. The SMILES string of the molecule is CCCCCCCCCCCCN(CCCO)CCCCCCCCCCCC. The maximum Gasteiger partial charge on any atom is 0.0443 e. The van der Waals surface area contributed by atoms with Gasteiger partial charge in [0.15, 0.2) is 0 Å². The Kier molecular flexibility index (Phi) is 25.9. The van der Waals surface area contributed by atoms with Crippen molar-refractivity contribution in [1.29, 1.82) is 0 Å². The van der Waals surface area contributed by atoms with E-state index in [4.69, 9.17) is 0 Å². The Hall–Kier alpha value is -0.0800. The summed E-state index contributed by atoms with van der Waals surface area (Å²) in [6, 6.07) is 0. The second-order valence-corrected chi connectivity index (χ2v) is 9.28. The van der Waals surface area contributed by atoms with E-state index in [0.29, 0.717) is 6.61 Å². The molecule has 2 nitrogen and oxygen atoms in total. The van der Waals surface area contributed by atoms with Crippen molar-refractivity contribution in [3.05, 3.63) is 0 Å². The fraction of sp³-hybridized carbons (Fsp3) is 1.00. The van der Waals surface area contributed by atoms with Gasteiger partial charge in [0, 0.05) is 13.2 Å². The summed E-state index contributed by atoms with van der Waals surface area (Å²) >= 11 is 0. The summed E-state index contributed by atoms with van der Waals surface area (Å²) in [7, 11) is 0. The molecule has 0 atom stereocenters. The van der Waals surface area contributed by atoms with Gasteiger partial charge < -0.3 is 10.0 Å². The zero-order chi connectivity index (χ0) is 21.3. The van der Waals surface area contributed by atoms with Crippen LogP contribution in [0.25, 0.3) is 0 Å². The summed E-state index contributed by atoms with van der Waals surface area (Å²) in [4.78, 5) is 2.62. The van der Waals surface area contributed by atoms with E-state index in [0.717, 1.165) is 13.0 Å². The highest BCUT2D eigenvalue weighted by atomic mass is 16.3. The van der Waals surface area contributed by atoms with Crippen molar-refractivity contribution in [2.75, 3.05) is 26.2 Å². The van der Waals surface area contributed by atoms with E-state index in [9.17, 15) is 5.11 Å². The van der Waals surface area contributed by atoms with Gasteiger partial charge in [0.25, 0.3) is 0 Å². The highest BCUT2D eigenvalue weighted by molar-refractivity contribution is 4.60. The van der Waals surface area contributed by atoms with E-state index in [1.807, 2.05) is 0 Å². The van der Waals surface area contributed by atoms with Crippen molar-refractivity contribution >= 4 is 0 Å². The summed E-state index contributed by atoms with van der Waals surface area (Å²) in [5.41, 5.74) is 0. The Balaban J connectivity index is 3.52. The third-order valence-corrected chi connectivity index (χ3v) is 6.29. The monoisotopic (exact) mass is 411 g/mol. The lowest BCUT2D eigenvalue weighted by Crippen LogP contribution is -2.27. The zero-order valence-electron chi connectivity index (χ0n) is 20.6. The Labute approximate surface area is 185 Å². The first-order valence-corrected chi connectivity index (χ1v) is 13.7. The van der Waals surface area contributed by atoms with Crippen molar-refractivity contribution in [2.45, 2.75) is 149 Å². The number of hydrogen-bond donors (Lipinski definition) is 1. The Morgan fingerprint density at radius 3 is 0.966 bits per heavy atom. The fourth-order valence-electron chi connectivity index (χ4n) is 4.28. The topological polar surface area (TPSA) is 23.5 Å². The van der Waals surface area contributed by atoms with Gasteiger partial charge in [-0.25, -0.2) is 0 Å². The number of aliphatic hydroxyl groups is 1. The second-order valence-electron chi connectivity index (χ2n) is 9.28. The number of rotatable bonds is 25. The average molecular weight is 412 g/mol. The highest BCUT2D eigenvalue weighted by Crippen LogP contribution is 2.13. The second kappa shape index (κ2) is 26.0. The molecule has 0 fully saturated rings. The van der Waals surface area contributed by atoms with E-state index in [2.05, 4.69) is 18.7 Å². The van der Waals surface area contributed by atoms with Crippen LogP contribution in [0.15, 0.2) is 0 Å². The van der Waals surface area contributed by atoms with Gasteiger partial charge in [-0.1, -0.05) is 129 Å². The molecule has 0 bridgehead atoms. The Morgan fingerprint density at radius 1 is 0.379 bits per heavy atom. The molecule has 0 saturated heterocycles. The molecule has 0 aliphatic rings. The third-order valence-electron chi connectivity index (χ3n) is 6.29. The predicted octanol–water partition coefficient (Wildman–Crippen LogP) is 8.51. The standard InChI is InChI=1S/C27H57NO/c1-3-5-7-9-11-13-15-17-19-21-24-28(26-23-27-29)25-22-20-18-16-14-12-10-8-6-4-2/h29H,3-27H2,1-2H3. The summed E-state index contributed by atoms with van der Waals surface area (Å²) in [5.74, 6) is 0. The number of hydrogen-bond acceptors (Lipinski definition) is 2. The summed E-state index contributed by atoms with van der Waals surface area (Å²) in [6.07, 6.45) is 29.2. The van der Waals surface area contributed by atoms with Crippen LogP contribution in [0.4, 0.5) is 0 Å². The van der Waals surface area contributed by atoms with Crippen molar-refractivity contribution in [2.24, 2.45) is 0 Å². The molecule has 0 radical (unpaired) electrons. The van der Waals surface area contributed by atoms with Gasteiger partial charge in [-0.05, 0) is 32.4 Å². The quantitative estimate of drug-likeness (QED) is 0.152. The minimum absolute atomic E-state index is 0.340. The van der Waals surface area contributed by atoms with E-state index < -0.39 is 0 Å². The van der Waals surface area contributed by atoms with Gasteiger partial charge in [-0.2, -0.15) is 0 Å². The summed E-state index contributed by atoms with van der Waals surface area (Å²) in [5, 5.41) is 9.18. The molecule has 0 unspecified atom stereocenters. The third kappa shape index (κ3) is 24.1. The van der Waals surface area contributed by atoms with Crippen molar-refractivity contribution < 1.29 is 5.11 Å². The van der Waals surface area contributed by atoms with E-state index >= 15 is 0 Å². The number of aliphatic hydroxyl groups excluding tert-OH is 1. The maximum atomic E-state index is 9.18. The summed E-state index contributed by atoms with van der Waals surface area (Å²) < 4.78 is 0. The maximum absolute atomic E-state index is 9.18. The molecule has 1 N–H and O–H groups in total. The zero-order valence-corrected chi connectivity index (χ0v) is 20.6. The molecule has 29 heavy (non-hydrogen) atoms. The van der Waals surface area contributed by atoms with Crippen LogP contribution in [-0.2, 0) is 0 Å². The molecule has 2 heteroatoms. The van der Waals surface area contributed by atoms with Crippen LogP contribution in [0.1, 0.15) is 149 Å². The largest absolute Gasteiger partial charge is 0.396 e. The summed E-state index contributed by atoms with van der Waals surface area (Å²) in [6.45, 7) is 8.50. The highest BCUT2D eigenvalue weighted by Gasteiger charge is 2.04. The van der Waals surface area contributed by atoms with E-state index in [1.54, 1.807) is 0 Å². The first-order chi connectivity index (χ1) is 14.3. The van der Waals surface area contributed by atoms with Gasteiger partial charge >= 0.3 is 0 Å². The molecule has 0 rings (SSSR count). The van der Waals surface area contributed by atoms with Gasteiger partial charge in [0.1, 0.15) is 0 Å². The van der Waals surface area contributed by atoms with Crippen molar-refractivity contribution in [1.82, 2.24) is 4.90 Å². The van der Waals surface area contributed by atoms with Crippen molar-refractivity contribution in [3.8, 4) is 0 Å². The lowest BCUT2D eigenvalue weighted by Gasteiger charge is -2.22. The molecule has 0 aliphatic carbocycles. The van der Waals surface area contributed by atoms with Crippen molar-refractivity contribution in [3.63, 3.8) is 0 Å². The molecular weight excluding hydrogens is 354 g/mol. The van der Waals surface area contributed by atoms with Crippen LogP contribution < -0.4 is 0 Å². The molecule has 0 aromatic heterocycles. The molecule has 0 heterocycles. The Morgan fingerprint density at radius 2 is 0.655 bits per heavy atom. The van der Waals surface area contributed by atoms with E-state index in [-0.39, 0.29) is 0 Å². The number of nitrogens with zero attached hydrogens (tertiary/aromatic N) is 1. The average Bonchev–Trinajstić information content (AvgIpc) is 2.74. The number of unbranched alkanes of at least 4 members (excludes halogenated alkanes) is 18. The smallest absolute Gasteiger partial charge is 0.0443 e. The first kappa shape index (κ1) is 28.9. The molecule has 176 valence electrons. The predicted molar refractivity (Wildman–Crippen MR) is 132 cm³/mol. The molecule has 0 spiro atoms. The molecule has 0 aliphatic heterocycles. The normalized spacial score (nSPS) is 11.6. The lowest BCUT2D eigenvalue weighted by molar-refractivity contribution is 0.217. The molecule has 0 amide bonds. The molecule has 0 saturated carbocycles. The van der Waals surface area contributed by atoms with Gasteiger partial charge in [-0.15, -0.1) is 0 Å². The first-order valence-electron chi connectivity index (χ1n) is 13.7. The molecule has 0 aromatic carbocycles. The van der Waals surface area contributed by atoms with Crippen LogP contribution >= 0.6 is 0 Å². The fourth-order valence-corrected chi connectivity index (χ4v) is 4.28. The van der Waals surface area contributed by atoms with Crippen LogP contribution in [0.3, 0.4) is 0 Å². The van der Waals surface area contributed by atoms with E-state index in [1.165, 1.54) is 142 Å². The van der Waals surface area contributed by atoms with Crippen LogP contribution in [0.2, 0.25) is 0 Å². The van der Waals surface area contributed by atoms with Gasteiger partial charge in [0.2, 0.25) is 0 Å². The van der Waals surface area contributed by atoms with Crippen LogP contribution in [0, 0.1) is 0 Å². The molecular formula is C27H57NO. The minimum atomic E-state index is 0.340. The van der Waals surface area contributed by atoms with Gasteiger partial charge in [-0.3, -0.25) is 0 Å².